The lowest BCUT2D eigenvalue weighted by Crippen LogP contribution is -2.44. The highest BCUT2D eigenvalue weighted by molar-refractivity contribution is 5.58. The summed E-state index contributed by atoms with van der Waals surface area (Å²) in [5.74, 6) is 0.969. The van der Waals surface area contributed by atoms with Gasteiger partial charge in [0.2, 0.25) is 0 Å². The van der Waals surface area contributed by atoms with Gasteiger partial charge in [-0.15, -0.1) is 0 Å². The number of para-hydroxylation sites is 2. The van der Waals surface area contributed by atoms with E-state index in [1.54, 1.807) is 7.11 Å². The molecular formula is C13H19N2O. The lowest BCUT2D eigenvalue weighted by molar-refractivity contribution is 0.313. The summed E-state index contributed by atoms with van der Waals surface area (Å²) in [6.45, 7) is 8.57. The molecule has 1 fully saturated rings. The Hall–Kier alpha value is -1.22. The molecule has 1 aromatic rings. The molecule has 0 unspecified atom stereocenters. The van der Waals surface area contributed by atoms with Crippen LogP contribution in [0.25, 0.3) is 0 Å². The zero-order valence-electron chi connectivity index (χ0n) is 10.0. The van der Waals surface area contributed by atoms with Crippen molar-refractivity contribution in [3.8, 4) is 5.75 Å². The Balaban J connectivity index is 2.07. The molecule has 3 heteroatoms. The predicted molar refractivity (Wildman–Crippen MR) is 66.8 cm³/mol. The van der Waals surface area contributed by atoms with Crippen LogP contribution in [-0.2, 0) is 0 Å². The molecule has 1 aliphatic rings. The normalized spacial score (nSPS) is 17.5. The van der Waals surface area contributed by atoms with Gasteiger partial charge in [0.15, 0.2) is 0 Å². The topological polar surface area (TPSA) is 15.7 Å². The van der Waals surface area contributed by atoms with Crippen LogP contribution in [0.3, 0.4) is 0 Å². The molecule has 87 valence electrons. The molecule has 0 spiro atoms. The number of rotatable bonds is 3. The van der Waals surface area contributed by atoms with Crippen LogP contribution in [0, 0.1) is 6.54 Å². The van der Waals surface area contributed by atoms with Crippen LogP contribution in [0.15, 0.2) is 24.3 Å². The highest BCUT2D eigenvalue weighted by Gasteiger charge is 2.18. The minimum Gasteiger partial charge on any atom is -0.495 e. The van der Waals surface area contributed by atoms with Crippen molar-refractivity contribution in [3.05, 3.63) is 30.8 Å². The van der Waals surface area contributed by atoms with Gasteiger partial charge >= 0.3 is 0 Å². The van der Waals surface area contributed by atoms with Crippen LogP contribution in [0.2, 0.25) is 0 Å². The molecule has 16 heavy (non-hydrogen) atoms. The molecule has 3 nitrogen and oxygen atoms in total. The van der Waals surface area contributed by atoms with Crippen molar-refractivity contribution >= 4 is 5.69 Å². The second-order valence-electron chi connectivity index (χ2n) is 3.95. The second kappa shape index (κ2) is 5.21. The molecule has 2 rings (SSSR count). The Morgan fingerprint density at radius 1 is 1.12 bits per heavy atom. The highest BCUT2D eigenvalue weighted by Crippen LogP contribution is 2.28. The van der Waals surface area contributed by atoms with E-state index in [0.717, 1.165) is 31.9 Å². The fraction of sp³-hybridized carbons (Fsp3) is 0.462. The number of piperazine rings is 1. The summed E-state index contributed by atoms with van der Waals surface area (Å²) in [4.78, 5) is 4.74. The maximum absolute atomic E-state index is 5.39. The quantitative estimate of drug-likeness (QED) is 0.773. The summed E-state index contributed by atoms with van der Waals surface area (Å²) >= 11 is 0. The molecule has 0 bridgehead atoms. The molecule has 1 radical (unpaired) electrons. The molecule has 1 aliphatic heterocycles. The van der Waals surface area contributed by atoms with E-state index in [1.807, 2.05) is 12.1 Å². The fourth-order valence-corrected chi connectivity index (χ4v) is 2.11. The number of nitrogens with zero attached hydrogens (tertiary/aromatic N) is 2. The van der Waals surface area contributed by atoms with Gasteiger partial charge < -0.3 is 9.64 Å². The number of anilines is 1. The third kappa shape index (κ3) is 2.30. The molecule has 1 aromatic carbocycles. The summed E-state index contributed by atoms with van der Waals surface area (Å²) < 4.78 is 5.39. The maximum atomic E-state index is 5.39. The van der Waals surface area contributed by atoms with Crippen LogP contribution in [0.5, 0.6) is 5.75 Å². The number of ether oxygens (including phenoxy) is 1. The maximum Gasteiger partial charge on any atom is 0.142 e. The third-order valence-corrected chi connectivity index (χ3v) is 3.11. The monoisotopic (exact) mass is 219 g/mol. The van der Waals surface area contributed by atoms with E-state index < -0.39 is 0 Å². The highest BCUT2D eigenvalue weighted by atomic mass is 16.5. The first-order valence-corrected chi connectivity index (χ1v) is 5.76. The third-order valence-electron chi connectivity index (χ3n) is 3.11. The molecule has 0 aliphatic carbocycles. The van der Waals surface area contributed by atoms with Gasteiger partial charge in [0.1, 0.15) is 5.75 Å². The standard InChI is InChI=1S/C13H19N2O/c1-3-14-8-10-15(11-9-14)12-6-4-5-7-13(12)16-2/h3-7H,8-11H2,1-2H3. The van der Waals surface area contributed by atoms with Crippen molar-refractivity contribution in [3.63, 3.8) is 0 Å². The molecule has 0 atom stereocenters. The minimum absolute atomic E-state index is 0.969. The predicted octanol–water partition coefficient (Wildman–Crippen LogP) is 2.00. The summed E-state index contributed by atoms with van der Waals surface area (Å²) in [7, 11) is 1.73. The second-order valence-corrected chi connectivity index (χ2v) is 3.95. The van der Waals surface area contributed by atoms with E-state index in [1.165, 1.54) is 5.69 Å². The van der Waals surface area contributed by atoms with Gasteiger partial charge in [-0.3, -0.25) is 4.90 Å². The Morgan fingerprint density at radius 2 is 1.81 bits per heavy atom. The molecule has 0 saturated carbocycles. The van der Waals surface area contributed by atoms with Crippen molar-refractivity contribution in [2.45, 2.75) is 6.92 Å². The summed E-state index contributed by atoms with van der Waals surface area (Å²) in [5.41, 5.74) is 1.21. The summed E-state index contributed by atoms with van der Waals surface area (Å²) in [5, 5.41) is 0. The smallest absolute Gasteiger partial charge is 0.142 e. The van der Waals surface area contributed by atoms with Gasteiger partial charge in [-0.05, 0) is 19.1 Å². The van der Waals surface area contributed by atoms with Crippen molar-refractivity contribution in [1.29, 1.82) is 0 Å². The number of methoxy groups -OCH3 is 1. The van der Waals surface area contributed by atoms with Crippen molar-refractivity contribution in [2.24, 2.45) is 0 Å². The van der Waals surface area contributed by atoms with Crippen molar-refractivity contribution in [2.75, 3.05) is 38.2 Å². The molecule has 1 saturated heterocycles. The van der Waals surface area contributed by atoms with Gasteiger partial charge in [0.25, 0.3) is 0 Å². The summed E-state index contributed by atoms with van der Waals surface area (Å²) in [6.07, 6.45) is 0. The largest absolute Gasteiger partial charge is 0.495 e. The van der Waals surface area contributed by atoms with Gasteiger partial charge in [-0.25, -0.2) is 0 Å². The van der Waals surface area contributed by atoms with E-state index in [2.05, 4.69) is 35.4 Å². The minimum atomic E-state index is 0.969. The Kier molecular flexibility index (Phi) is 3.67. The van der Waals surface area contributed by atoms with Crippen LogP contribution in [0.1, 0.15) is 6.92 Å². The van der Waals surface area contributed by atoms with Gasteiger partial charge in [0, 0.05) is 32.7 Å². The number of hydrogen-bond acceptors (Lipinski definition) is 3. The lowest BCUT2D eigenvalue weighted by atomic mass is 10.2. The molecule has 0 N–H and O–H groups in total. The summed E-state index contributed by atoms with van der Waals surface area (Å²) in [6, 6.07) is 8.23. The number of hydrogen-bond donors (Lipinski definition) is 0. The van der Waals surface area contributed by atoms with E-state index in [9.17, 15) is 0 Å². The van der Waals surface area contributed by atoms with Crippen LogP contribution < -0.4 is 9.64 Å². The Bertz CT molecular complexity index is 332. The van der Waals surface area contributed by atoms with E-state index in [0.29, 0.717) is 0 Å². The van der Waals surface area contributed by atoms with Gasteiger partial charge in [-0.1, -0.05) is 12.1 Å². The van der Waals surface area contributed by atoms with Crippen LogP contribution in [0.4, 0.5) is 5.69 Å². The van der Waals surface area contributed by atoms with Crippen LogP contribution in [-0.4, -0.2) is 38.2 Å². The molecular weight excluding hydrogens is 200 g/mol. The van der Waals surface area contributed by atoms with E-state index in [-0.39, 0.29) is 0 Å². The average molecular weight is 219 g/mol. The average Bonchev–Trinajstić information content (AvgIpc) is 2.39. The van der Waals surface area contributed by atoms with Crippen LogP contribution >= 0.6 is 0 Å². The Labute approximate surface area is 97.6 Å². The SMILES string of the molecule is C[CH]N1CCN(c2ccccc2OC)CC1. The first-order chi connectivity index (χ1) is 7.85. The Morgan fingerprint density at radius 3 is 2.44 bits per heavy atom. The lowest BCUT2D eigenvalue weighted by Gasteiger charge is -2.35. The van der Waals surface area contributed by atoms with Crippen molar-refractivity contribution in [1.82, 2.24) is 4.90 Å². The molecule has 0 aromatic heterocycles. The van der Waals surface area contributed by atoms with Gasteiger partial charge in [0.05, 0.1) is 12.8 Å². The van der Waals surface area contributed by atoms with Crippen molar-refractivity contribution < 1.29 is 4.74 Å². The van der Waals surface area contributed by atoms with E-state index in [4.69, 9.17) is 4.74 Å². The molecule has 1 heterocycles. The number of benzene rings is 1. The first-order valence-electron chi connectivity index (χ1n) is 5.76. The van der Waals surface area contributed by atoms with Gasteiger partial charge in [-0.2, -0.15) is 0 Å². The zero-order valence-corrected chi connectivity index (χ0v) is 10.0. The zero-order chi connectivity index (χ0) is 11.4. The van der Waals surface area contributed by atoms with E-state index >= 15 is 0 Å². The fourth-order valence-electron chi connectivity index (χ4n) is 2.11. The molecule has 0 amide bonds. The first kappa shape index (κ1) is 11.3.